The van der Waals surface area contributed by atoms with Gasteiger partial charge < -0.3 is 16.0 Å². The van der Waals surface area contributed by atoms with Crippen molar-refractivity contribution < 1.29 is 4.79 Å². The quantitative estimate of drug-likeness (QED) is 0.786. The van der Waals surface area contributed by atoms with E-state index in [1.165, 1.54) is 0 Å². The number of thiophene rings is 1. The highest BCUT2D eigenvalue weighted by Gasteiger charge is 2.25. The van der Waals surface area contributed by atoms with Crippen molar-refractivity contribution in [3.8, 4) is 0 Å². The van der Waals surface area contributed by atoms with Crippen molar-refractivity contribution in [2.45, 2.75) is 39.2 Å². The summed E-state index contributed by atoms with van der Waals surface area (Å²) in [4.78, 5) is 24.3. The van der Waals surface area contributed by atoms with Gasteiger partial charge in [0.25, 0.3) is 0 Å². The van der Waals surface area contributed by atoms with Crippen LogP contribution in [0.3, 0.4) is 0 Å². The first-order valence-electron chi connectivity index (χ1n) is 8.36. The third-order valence-electron chi connectivity index (χ3n) is 4.16. The van der Waals surface area contributed by atoms with Gasteiger partial charge in [0, 0.05) is 30.0 Å². The number of nitrogens with two attached hydrogens (primary N) is 1. The molecule has 3 rings (SSSR count). The van der Waals surface area contributed by atoms with E-state index in [4.69, 9.17) is 5.73 Å². The van der Waals surface area contributed by atoms with Crippen LogP contribution in [0, 0.1) is 0 Å². The van der Waals surface area contributed by atoms with E-state index in [1.807, 2.05) is 22.4 Å². The molecule has 0 aromatic carbocycles. The number of carbonyl (C=O) groups is 1. The number of carbonyl (C=O) groups excluding carboxylic acids is 1. The van der Waals surface area contributed by atoms with E-state index in [9.17, 15) is 4.79 Å². The average molecular weight is 345 g/mol. The Kier molecular flexibility index (Phi) is 5.30. The zero-order valence-corrected chi connectivity index (χ0v) is 14.7. The molecule has 2 aromatic rings. The summed E-state index contributed by atoms with van der Waals surface area (Å²) in [6, 6.07) is 3.98. The van der Waals surface area contributed by atoms with Gasteiger partial charge >= 0.3 is 0 Å². The van der Waals surface area contributed by atoms with Crippen LogP contribution in [0.2, 0.25) is 0 Å². The largest absolute Gasteiger partial charge is 0.370 e. The molecule has 0 aliphatic carbocycles. The maximum atomic E-state index is 12.6. The SMILES string of the molecule is CCCCNc1nc(N)nc2c1CN(C(=O)Cc1cccs1)CC2. The summed E-state index contributed by atoms with van der Waals surface area (Å²) in [5, 5.41) is 5.35. The smallest absolute Gasteiger partial charge is 0.228 e. The first-order chi connectivity index (χ1) is 11.7. The third kappa shape index (κ3) is 3.84. The molecule has 24 heavy (non-hydrogen) atoms. The lowest BCUT2D eigenvalue weighted by Gasteiger charge is -2.29. The van der Waals surface area contributed by atoms with E-state index in [1.54, 1.807) is 11.3 Å². The van der Waals surface area contributed by atoms with Crippen LogP contribution in [-0.2, 0) is 24.2 Å². The molecule has 1 aliphatic heterocycles. The number of hydrogen-bond acceptors (Lipinski definition) is 6. The van der Waals surface area contributed by atoms with Gasteiger partial charge in [-0.15, -0.1) is 11.3 Å². The van der Waals surface area contributed by atoms with Gasteiger partial charge in [-0.3, -0.25) is 4.79 Å². The number of nitrogens with one attached hydrogen (secondary N) is 1. The Morgan fingerprint density at radius 3 is 3.08 bits per heavy atom. The molecular weight excluding hydrogens is 322 g/mol. The van der Waals surface area contributed by atoms with Gasteiger partial charge in [-0.1, -0.05) is 19.4 Å². The van der Waals surface area contributed by atoms with Gasteiger partial charge in [-0.05, 0) is 17.9 Å². The van der Waals surface area contributed by atoms with E-state index < -0.39 is 0 Å². The fourth-order valence-electron chi connectivity index (χ4n) is 2.85. The highest BCUT2D eigenvalue weighted by atomic mass is 32.1. The van der Waals surface area contributed by atoms with Crippen LogP contribution in [0.1, 0.15) is 35.9 Å². The Hall–Kier alpha value is -2.15. The van der Waals surface area contributed by atoms with Crippen LogP contribution >= 0.6 is 11.3 Å². The third-order valence-corrected chi connectivity index (χ3v) is 5.03. The summed E-state index contributed by atoms with van der Waals surface area (Å²) >= 11 is 1.62. The highest BCUT2D eigenvalue weighted by Crippen LogP contribution is 2.25. The number of anilines is 2. The van der Waals surface area contributed by atoms with Crippen LogP contribution in [-0.4, -0.2) is 33.9 Å². The number of nitrogens with zero attached hydrogens (tertiary/aromatic N) is 3. The number of hydrogen-bond donors (Lipinski definition) is 2. The fraction of sp³-hybridized carbons (Fsp3) is 0.471. The number of fused-ring (bicyclic) bond motifs is 1. The molecule has 0 unspecified atom stereocenters. The van der Waals surface area contributed by atoms with Crippen molar-refractivity contribution in [1.29, 1.82) is 0 Å². The highest BCUT2D eigenvalue weighted by molar-refractivity contribution is 7.10. The Morgan fingerprint density at radius 2 is 2.33 bits per heavy atom. The average Bonchev–Trinajstić information content (AvgIpc) is 3.07. The van der Waals surface area contributed by atoms with Crippen LogP contribution in [0.15, 0.2) is 17.5 Å². The van der Waals surface area contributed by atoms with Crippen molar-refractivity contribution in [3.05, 3.63) is 33.6 Å². The molecule has 2 aromatic heterocycles. The van der Waals surface area contributed by atoms with Gasteiger partial charge in [-0.2, -0.15) is 4.98 Å². The van der Waals surface area contributed by atoms with E-state index in [2.05, 4.69) is 22.2 Å². The summed E-state index contributed by atoms with van der Waals surface area (Å²) in [5.74, 6) is 1.23. The van der Waals surface area contributed by atoms with Crippen molar-refractivity contribution in [1.82, 2.24) is 14.9 Å². The number of nitrogen functional groups attached to an aromatic ring is 1. The minimum Gasteiger partial charge on any atom is -0.370 e. The van der Waals surface area contributed by atoms with Crippen LogP contribution in [0.5, 0.6) is 0 Å². The molecule has 0 spiro atoms. The number of unbranched alkanes of at least 4 members (excludes halogenated alkanes) is 1. The minimum absolute atomic E-state index is 0.152. The van der Waals surface area contributed by atoms with Gasteiger partial charge in [0.05, 0.1) is 18.7 Å². The molecule has 1 amide bonds. The summed E-state index contributed by atoms with van der Waals surface area (Å²) < 4.78 is 0. The fourth-order valence-corrected chi connectivity index (χ4v) is 3.55. The standard InChI is InChI=1S/C17H23N5OS/c1-2-3-7-19-16-13-11-22(8-6-14(13)20-17(18)21-16)15(23)10-12-5-4-9-24-12/h4-5,9H,2-3,6-8,10-11H2,1H3,(H3,18,19,20,21). The van der Waals surface area contributed by atoms with Crippen molar-refractivity contribution in [3.63, 3.8) is 0 Å². The zero-order valence-electron chi connectivity index (χ0n) is 13.9. The topological polar surface area (TPSA) is 84.1 Å². The van der Waals surface area contributed by atoms with Crippen LogP contribution in [0.25, 0.3) is 0 Å². The van der Waals surface area contributed by atoms with E-state index >= 15 is 0 Å². The van der Waals surface area contributed by atoms with E-state index in [0.29, 0.717) is 25.5 Å². The summed E-state index contributed by atoms with van der Waals surface area (Å²) in [6.07, 6.45) is 3.36. The second kappa shape index (κ2) is 7.61. The molecule has 0 atom stereocenters. The van der Waals surface area contributed by atoms with Gasteiger partial charge in [-0.25, -0.2) is 4.98 Å². The molecule has 0 radical (unpaired) electrons. The van der Waals surface area contributed by atoms with Gasteiger partial charge in [0.2, 0.25) is 11.9 Å². The molecular formula is C17H23N5OS. The molecule has 0 fully saturated rings. The normalized spacial score (nSPS) is 13.6. The Balaban J connectivity index is 1.74. The lowest BCUT2D eigenvalue weighted by molar-refractivity contribution is -0.131. The maximum Gasteiger partial charge on any atom is 0.228 e. The Morgan fingerprint density at radius 1 is 1.46 bits per heavy atom. The van der Waals surface area contributed by atoms with E-state index in [-0.39, 0.29) is 5.91 Å². The summed E-state index contributed by atoms with van der Waals surface area (Å²) in [5.41, 5.74) is 7.80. The molecule has 3 N–H and O–H groups in total. The van der Waals surface area contributed by atoms with E-state index in [0.717, 1.165) is 47.8 Å². The number of rotatable bonds is 6. The monoisotopic (exact) mass is 345 g/mol. The number of aromatic nitrogens is 2. The molecule has 6 nitrogen and oxygen atoms in total. The molecule has 0 saturated heterocycles. The second-order valence-corrected chi connectivity index (χ2v) is 6.99. The van der Waals surface area contributed by atoms with Crippen LogP contribution in [0.4, 0.5) is 11.8 Å². The van der Waals surface area contributed by atoms with Crippen molar-refractivity contribution in [2.24, 2.45) is 0 Å². The first-order valence-corrected chi connectivity index (χ1v) is 9.24. The first kappa shape index (κ1) is 16.7. The molecule has 0 bridgehead atoms. The minimum atomic E-state index is 0.152. The molecule has 3 heterocycles. The van der Waals surface area contributed by atoms with Crippen molar-refractivity contribution in [2.75, 3.05) is 24.1 Å². The molecule has 128 valence electrons. The summed E-state index contributed by atoms with van der Waals surface area (Å²) in [7, 11) is 0. The van der Waals surface area contributed by atoms with Gasteiger partial charge in [0.1, 0.15) is 5.82 Å². The molecule has 1 aliphatic rings. The molecule has 0 saturated carbocycles. The number of amides is 1. The Bertz CT molecular complexity index is 701. The summed E-state index contributed by atoms with van der Waals surface area (Å²) in [6.45, 7) is 4.23. The predicted molar refractivity (Wildman–Crippen MR) is 97.0 cm³/mol. The Labute approximate surface area is 146 Å². The zero-order chi connectivity index (χ0) is 16.9. The van der Waals surface area contributed by atoms with Gasteiger partial charge in [0.15, 0.2) is 0 Å². The lowest BCUT2D eigenvalue weighted by Crippen LogP contribution is -2.38. The second-order valence-electron chi connectivity index (χ2n) is 5.96. The molecule has 7 heteroatoms. The lowest BCUT2D eigenvalue weighted by atomic mass is 10.1. The maximum absolute atomic E-state index is 12.6. The van der Waals surface area contributed by atoms with Crippen LogP contribution < -0.4 is 11.1 Å². The van der Waals surface area contributed by atoms with Crippen molar-refractivity contribution >= 4 is 29.0 Å². The predicted octanol–water partition coefficient (Wildman–Crippen LogP) is 2.46.